The van der Waals surface area contributed by atoms with Crippen molar-refractivity contribution in [1.29, 1.82) is 0 Å². The molecular weight excluding hydrogens is 248 g/mol. The fourth-order valence-corrected chi connectivity index (χ4v) is 2.21. The molecule has 0 bridgehead atoms. The second kappa shape index (κ2) is 4.85. The van der Waals surface area contributed by atoms with Gasteiger partial charge < -0.3 is 5.73 Å². The van der Waals surface area contributed by atoms with Crippen LogP contribution in [0.15, 0.2) is 18.2 Å². The molecule has 0 saturated carbocycles. The summed E-state index contributed by atoms with van der Waals surface area (Å²) in [5.41, 5.74) is 4.49. The average molecular weight is 262 g/mol. The first-order valence-electron chi connectivity index (χ1n) is 5.70. The van der Waals surface area contributed by atoms with Gasteiger partial charge in [-0.25, -0.2) is 4.39 Å². The lowest BCUT2D eigenvalue weighted by atomic mass is 10.1. The van der Waals surface area contributed by atoms with Crippen LogP contribution in [0, 0.1) is 5.82 Å². The maximum atomic E-state index is 13.6. The zero-order chi connectivity index (χ0) is 13.3. The van der Waals surface area contributed by atoms with Gasteiger partial charge in [0.05, 0.1) is 5.56 Å². The first-order chi connectivity index (χ1) is 8.38. The Morgan fingerprint density at radius 2 is 2.06 bits per heavy atom. The number of benzene rings is 1. The molecule has 1 aliphatic heterocycles. The molecule has 1 aromatic rings. The van der Waals surface area contributed by atoms with Gasteiger partial charge in [0.15, 0.2) is 0 Å². The predicted molar refractivity (Wildman–Crippen MR) is 59.3 cm³/mol. The van der Waals surface area contributed by atoms with Crippen LogP contribution in [0.25, 0.3) is 0 Å². The number of hydrogen-bond acceptors (Lipinski definition) is 2. The summed E-state index contributed by atoms with van der Waals surface area (Å²) in [7, 11) is 0. The van der Waals surface area contributed by atoms with Gasteiger partial charge in [-0.2, -0.15) is 13.2 Å². The van der Waals surface area contributed by atoms with Gasteiger partial charge in [0, 0.05) is 31.2 Å². The quantitative estimate of drug-likeness (QED) is 0.829. The molecule has 1 aromatic carbocycles. The summed E-state index contributed by atoms with van der Waals surface area (Å²) in [5.74, 6) is -0.815. The second-order valence-corrected chi connectivity index (χ2v) is 4.55. The summed E-state index contributed by atoms with van der Waals surface area (Å²) in [6.07, 6.45) is -3.80. The summed E-state index contributed by atoms with van der Waals surface area (Å²) in [6, 6.07) is 3.01. The summed E-state index contributed by atoms with van der Waals surface area (Å²) in [5, 5.41) is 0. The molecule has 0 aliphatic carbocycles. The standard InChI is InChI=1S/C12H14F4N2/c13-11-3-1-2-10(12(14,15)16)9(11)7-18-5-4-8(17)6-18/h1-3,8H,4-7,17H2. The van der Waals surface area contributed by atoms with E-state index in [1.54, 1.807) is 4.90 Å². The van der Waals surface area contributed by atoms with Crippen molar-refractivity contribution < 1.29 is 17.6 Å². The van der Waals surface area contributed by atoms with Crippen molar-refractivity contribution in [2.45, 2.75) is 25.2 Å². The van der Waals surface area contributed by atoms with Gasteiger partial charge in [-0.05, 0) is 18.6 Å². The van der Waals surface area contributed by atoms with Crippen LogP contribution >= 0.6 is 0 Å². The van der Waals surface area contributed by atoms with Crippen LogP contribution in [0.1, 0.15) is 17.5 Å². The Bertz CT molecular complexity index is 431. The molecule has 100 valence electrons. The highest BCUT2D eigenvalue weighted by Gasteiger charge is 2.35. The maximum absolute atomic E-state index is 13.6. The van der Waals surface area contributed by atoms with Crippen molar-refractivity contribution in [2.24, 2.45) is 5.73 Å². The minimum atomic E-state index is -4.53. The number of likely N-dealkylation sites (tertiary alicyclic amines) is 1. The Morgan fingerprint density at radius 1 is 1.33 bits per heavy atom. The van der Waals surface area contributed by atoms with Crippen LogP contribution in [0.3, 0.4) is 0 Å². The molecular formula is C12H14F4N2. The van der Waals surface area contributed by atoms with E-state index in [2.05, 4.69) is 0 Å². The molecule has 0 amide bonds. The highest BCUT2D eigenvalue weighted by molar-refractivity contribution is 5.31. The second-order valence-electron chi connectivity index (χ2n) is 4.55. The Kier molecular flexibility index (Phi) is 3.59. The van der Waals surface area contributed by atoms with Gasteiger partial charge in [-0.3, -0.25) is 4.90 Å². The molecule has 6 heteroatoms. The Labute approximate surface area is 102 Å². The number of nitrogens with zero attached hydrogens (tertiary/aromatic N) is 1. The number of alkyl halides is 3. The monoisotopic (exact) mass is 262 g/mol. The largest absolute Gasteiger partial charge is 0.416 e. The third-order valence-electron chi connectivity index (χ3n) is 3.11. The number of nitrogens with two attached hydrogens (primary N) is 1. The van der Waals surface area contributed by atoms with E-state index >= 15 is 0 Å². The Morgan fingerprint density at radius 3 is 2.61 bits per heavy atom. The maximum Gasteiger partial charge on any atom is 0.416 e. The van der Waals surface area contributed by atoms with Crippen molar-refractivity contribution >= 4 is 0 Å². The smallest absolute Gasteiger partial charge is 0.326 e. The minimum absolute atomic E-state index is 0.0360. The molecule has 1 aliphatic rings. The summed E-state index contributed by atoms with van der Waals surface area (Å²) >= 11 is 0. The molecule has 1 unspecified atom stereocenters. The first-order valence-corrected chi connectivity index (χ1v) is 5.70. The number of hydrogen-bond donors (Lipinski definition) is 1. The highest BCUT2D eigenvalue weighted by atomic mass is 19.4. The molecule has 1 saturated heterocycles. The van der Waals surface area contributed by atoms with E-state index in [-0.39, 0.29) is 18.2 Å². The molecule has 0 radical (unpaired) electrons. The fourth-order valence-electron chi connectivity index (χ4n) is 2.21. The summed E-state index contributed by atoms with van der Waals surface area (Å²) < 4.78 is 51.9. The van der Waals surface area contributed by atoms with Gasteiger partial charge in [-0.15, -0.1) is 0 Å². The number of halogens is 4. The van der Waals surface area contributed by atoms with Crippen LogP contribution in [0.5, 0.6) is 0 Å². The average Bonchev–Trinajstić information content (AvgIpc) is 2.65. The first kappa shape index (κ1) is 13.3. The van der Waals surface area contributed by atoms with E-state index in [0.29, 0.717) is 13.1 Å². The van der Waals surface area contributed by atoms with E-state index < -0.39 is 17.6 Å². The molecule has 2 rings (SSSR count). The lowest BCUT2D eigenvalue weighted by Gasteiger charge is -2.19. The highest BCUT2D eigenvalue weighted by Crippen LogP contribution is 2.33. The third-order valence-corrected chi connectivity index (χ3v) is 3.11. The third kappa shape index (κ3) is 2.81. The Hall–Kier alpha value is -1.14. The normalized spacial score (nSPS) is 21.5. The van der Waals surface area contributed by atoms with Crippen LogP contribution < -0.4 is 5.73 Å². The van der Waals surface area contributed by atoms with Crippen molar-refractivity contribution in [2.75, 3.05) is 13.1 Å². The van der Waals surface area contributed by atoms with Crippen LogP contribution in [-0.4, -0.2) is 24.0 Å². The lowest BCUT2D eigenvalue weighted by Crippen LogP contribution is -2.27. The van der Waals surface area contributed by atoms with E-state index in [0.717, 1.165) is 24.6 Å². The SMILES string of the molecule is NC1CCN(Cc2c(F)cccc2C(F)(F)F)C1. The van der Waals surface area contributed by atoms with Gasteiger partial charge in [0.25, 0.3) is 0 Å². The summed E-state index contributed by atoms with van der Waals surface area (Å²) in [6.45, 7) is 1.06. The van der Waals surface area contributed by atoms with Crippen LogP contribution in [-0.2, 0) is 12.7 Å². The molecule has 2 N–H and O–H groups in total. The number of rotatable bonds is 2. The van der Waals surface area contributed by atoms with E-state index in [9.17, 15) is 17.6 Å². The van der Waals surface area contributed by atoms with Crippen LogP contribution in [0.2, 0.25) is 0 Å². The van der Waals surface area contributed by atoms with Gasteiger partial charge >= 0.3 is 6.18 Å². The molecule has 2 nitrogen and oxygen atoms in total. The molecule has 1 fully saturated rings. The van der Waals surface area contributed by atoms with Gasteiger partial charge in [-0.1, -0.05) is 6.07 Å². The Balaban J connectivity index is 2.26. The molecule has 1 atom stereocenters. The van der Waals surface area contributed by atoms with Gasteiger partial charge in [0.2, 0.25) is 0 Å². The molecule has 18 heavy (non-hydrogen) atoms. The van der Waals surface area contributed by atoms with Gasteiger partial charge in [0.1, 0.15) is 5.82 Å². The van der Waals surface area contributed by atoms with E-state index in [1.165, 1.54) is 0 Å². The zero-order valence-electron chi connectivity index (χ0n) is 9.67. The topological polar surface area (TPSA) is 29.3 Å². The zero-order valence-corrected chi connectivity index (χ0v) is 9.67. The molecule has 1 heterocycles. The van der Waals surface area contributed by atoms with Crippen molar-refractivity contribution in [3.8, 4) is 0 Å². The molecule has 0 spiro atoms. The summed E-state index contributed by atoms with van der Waals surface area (Å²) in [4.78, 5) is 1.75. The fraction of sp³-hybridized carbons (Fsp3) is 0.500. The van der Waals surface area contributed by atoms with E-state index in [1.807, 2.05) is 0 Å². The lowest BCUT2D eigenvalue weighted by molar-refractivity contribution is -0.138. The molecule has 0 aromatic heterocycles. The van der Waals surface area contributed by atoms with Crippen LogP contribution in [0.4, 0.5) is 17.6 Å². The van der Waals surface area contributed by atoms with Crippen molar-refractivity contribution in [3.63, 3.8) is 0 Å². The van der Waals surface area contributed by atoms with E-state index in [4.69, 9.17) is 5.73 Å². The van der Waals surface area contributed by atoms with Crippen molar-refractivity contribution in [3.05, 3.63) is 35.1 Å². The minimum Gasteiger partial charge on any atom is -0.326 e. The van der Waals surface area contributed by atoms with Crippen molar-refractivity contribution in [1.82, 2.24) is 4.90 Å². The predicted octanol–water partition coefficient (Wildman–Crippen LogP) is 2.38.